The smallest absolute Gasteiger partial charge is 0.231 e. The van der Waals surface area contributed by atoms with Gasteiger partial charge in [-0.1, -0.05) is 0 Å². The molecule has 1 saturated heterocycles. The summed E-state index contributed by atoms with van der Waals surface area (Å²) in [5, 5.41) is 9.98. The first-order valence-corrected chi connectivity index (χ1v) is 6.18. The molecule has 1 unspecified atom stereocenters. The number of hydrogen-bond donors (Lipinski definition) is 1. The number of phenols is 1. The number of rotatable bonds is 2. The minimum absolute atomic E-state index is 0.229. The van der Waals surface area contributed by atoms with Crippen molar-refractivity contribution in [3.8, 4) is 17.2 Å². The first-order chi connectivity index (χ1) is 8.72. The zero-order chi connectivity index (χ0) is 12.5. The summed E-state index contributed by atoms with van der Waals surface area (Å²) in [5.41, 5.74) is 0.869. The van der Waals surface area contributed by atoms with Crippen molar-refractivity contribution in [3.05, 3.63) is 17.7 Å². The molecular weight excluding hydrogens is 234 g/mol. The third kappa shape index (κ3) is 2.23. The monoisotopic (exact) mass is 251 g/mol. The standard InChI is InChI=1S/C13H17NO4/c1-9-6-14(2-3-16-9)7-10-4-12-13(5-11(10)15)18-8-17-12/h4-5,9,15H,2-3,6-8H2,1H3. The second kappa shape index (κ2) is 4.66. The fourth-order valence-electron chi connectivity index (χ4n) is 2.38. The van der Waals surface area contributed by atoms with Gasteiger partial charge < -0.3 is 19.3 Å². The van der Waals surface area contributed by atoms with Crippen molar-refractivity contribution in [2.45, 2.75) is 19.6 Å². The van der Waals surface area contributed by atoms with Gasteiger partial charge in [0, 0.05) is 31.3 Å². The highest BCUT2D eigenvalue weighted by atomic mass is 16.7. The molecule has 0 radical (unpaired) electrons. The quantitative estimate of drug-likeness (QED) is 0.859. The van der Waals surface area contributed by atoms with E-state index in [1.54, 1.807) is 6.07 Å². The molecule has 98 valence electrons. The molecule has 0 spiro atoms. The van der Waals surface area contributed by atoms with Crippen LogP contribution in [0.4, 0.5) is 0 Å². The van der Waals surface area contributed by atoms with Crippen molar-refractivity contribution in [1.29, 1.82) is 0 Å². The normalized spacial score (nSPS) is 23.3. The Morgan fingerprint density at radius 3 is 2.89 bits per heavy atom. The summed E-state index contributed by atoms with van der Waals surface area (Å²) >= 11 is 0. The summed E-state index contributed by atoms with van der Waals surface area (Å²) in [4.78, 5) is 2.27. The van der Waals surface area contributed by atoms with Crippen LogP contribution in [0, 0.1) is 0 Å². The van der Waals surface area contributed by atoms with E-state index in [1.165, 1.54) is 0 Å². The van der Waals surface area contributed by atoms with Crippen LogP contribution in [-0.2, 0) is 11.3 Å². The molecule has 5 nitrogen and oxygen atoms in total. The maximum atomic E-state index is 9.98. The summed E-state index contributed by atoms with van der Waals surface area (Å²) < 4.78 is 16.1. The van der Waals surface area contributed by atoms with Gasteiger partial charge in [0.25, 0.3) is 0 Å². The van der Waals surface area contributed by atoms with E-state index in [1.807, 2.05) is 6.07 Å². The van der Waals surface area contributed by atoms with Crippen LogP contribution in [0.1, 0.15) is 12.5 Å². The van der Waals surface area contributed by atoms with Crippen LogP contribution in [-0.4, -0.2) is 42.6 Å². The molecule has 0 bridgehead atoms. The average Bonchev–Trinajstić information content (AvgIpc) is 2.76. The Hall–Kier alpha value is -1.46. The first kappa shape index (κ1) is 11.6. The number of benzene rings is 1. The van der Waals surface area contributed by atoms with Gasteiger partial charge >= 0.3 is 0 Å². The molecule has 1 aromatic carbocycles. The number of phenolic OH excluding ortho intramolecular Hbond substituents is 1. The number of hydrogen-bond acceptors (Lipinski definition) is 5. The molecule has 2 heterocycles. The van der Waals surface area contributed by atoms with E-state index in [0.717, 1.165) is 25.3 Å². The molecule has 0 aliphatic carbocycles. The van der Waals surface area contributed by atoms with Crippen LogP contribution in [0.25, 0.3) is 0 Å². The molecule has 0 aromatic heterocycles. The van der Waals surface area contributed by atoms with Crippen molar-refractivity contribution >= 4 is 0 Å². The van der Waals surface area contributed by atoms with Crippen molar-refractivity contribution in [2.24, 2.45) is 0 Å². The van der Waals surface area contributed by atoms with Crippen LogP contribution in [0.3, 0.4) is 0 Å². The van der Waals surface area contributed by atoms with E-state index in [2.05, 4.69) is 11.8 Å². The Morgan fingerprint density at radius 1 is 1.33 bits per heavy atom. The third-order valence-corrected chi connectivity index (χ3v) is 3.29. The lowest BCUT2D eigenvalue weighted by Gasteiger charge is -2.31. The zero-order valence-electron chi connectivity index (χ0n) is 10.4. The predicted molar refractivity (Wildman–Crippen MR) is 64.9 cm³/mol. The fraction of sp³-hybridized carbons (Fsp3) is 0.538. The van der Waals surface area contributed by atoms with Gasteiger partial charge in [-0.2, -0.15) is 0 Å². The highest BCUT2D eigenvalue weighted by Gasteiger charge is 2.21. The maximum absolute atomic E-state index is 9.98. The Kier molecular flexibility index (Phi) is 3.01. The highest BCUT2D eigenvalue weighted by Crippen LogP contribution is 2.38. The summed E-state index contributed by atoms with van der Waals surface area (Å²) in [5.74, 6) is 1.59. The van der Waals surface area contributed by atoms with E-state index in [9.17, 15) is 5.11 Å². The molecule has 3 rings (SSSR count). The molecule has 5 heteroatoms. The van der Waals surface area contributed by atoms with Gasteiger partial charge in [-0.3, -0.25) is 4.90 Å². The van der Waals surface area contributed by atoms with E-state index in [-0.39, 0.29) is 18.6 Å². The van der Waals surface area contributed by atoms with Crippen LogP contribution >= 0.6 is 0 Å². The van der Waals surface area contributed by atoms with Gasteiger partial charge in [0.1, 0.15) is 5.75 Å². The number of ether oxygens (including phenoxy) is 3. The molecule has 1 fully saturated rings. The fourth-order valence-corrected chi connectivity index (χ4v) is 2.38. The zero-order valence-corrected chi connectivity index (χ0v) is 10.4. The minimum atomic E-state index is 0.229. The van der Waals surface area contributed by atoms with Crippen molar-refractivity contribution < 1.29 is 19.3 Å². The van der Waals surface area contributed by atoms with Crippen LogP contribution in [0.5, 0.6) is 17.2 Å². The summed E-state index contributed by atoms with van der Waals surface area (Å²) in [7, 11) is 0. The molecule has 0 saturated carbocycles. The van der Waals surface area contributed by atoms with Gasteiger partial charge in [-0.25, -0.2) is 0 Å². The van der Waals surface area contributed by atoms with Gasteiger partial charge in [-0.05, 0) is 13.0 Å². The molecule has 1 aromatic rings. The van der Waals surface area contributed by atoms with Crippen LogP contribution in [0.15, 0.2) is 12.1 Å². The summed E-state index contributed by atoms with van der Waals surface area (Å²) in [6.07, 6.45) is 0.245. The number of nitrogens with zero attached hydrogens (tertiary/aromatic N) is 1. The van der Waals surface area contributed by atoms with Crippen molar-refractivity contribution in [2.75, 3.05) is 26.5 Å². The third-order valence-electron chi connectivity index (χ3n) is 3.29. The van der Waals surface area contributed by atoms with Gasteiger partial charge in [0.15, 0.2) is 11.5 Å². The van der Waals surface area contributed by atoms with E-state index in [4.69, 9.17) is 14.2 Å². The lowest BCUT2D eigenvalue weighted by Crippen LogP contribution is -2.40. The molecule has 1 atom stereocenters. The lowest BCUT2D eigenvalue weighted by molar-refractivity contribution is -0.0214. The van der Waals surface area contributed by atoms with Gasteiger partial charge in [0.2, 0.25) is 6.79 Å². The van der Waals surface area contributed by atoms with Crippen molar-refractivity contribution in [3.63, 3.8) is 0 Å². The molecule has 2 aliphatic rings. The van der Waals surface area contributed by atoms with Crippen LogP contribution < -0.4 is 9.47 Å². The lowest BCUT2D eigenvalue weighted by atomic mass is 10.1. The molecule has 1 N–H and O–H groups in total. The average molecular weight is 251 g/mol. The second-order valence-corrected chi connectivity index (χ2v) is 4.75. The molecular formula is C13H17NO4. The Balaban J connectivity index is 1.76. The number of morpholine rings is 1. The first-order valence-electron chi connectivity index (χ1n) is 6.18. The van der Waals surface area contributed by atoms with E-state index in [0.29, 0.717) is 18.0 Å². The largest absolute Gasteiger partial charge is 0.507 e. The van der Waals surface area contributed by atoms with Gasteiger partial charge in [0.05, 0.1) is 12.7 Å². The Bertz CT molecular complexity index is 449. The topological polar surface area (TPSA) is 51.2 Å². The van der Waals surface area contributed by atoms with Crippen LogP contribution in [0.2, 0.25) is 0 Å². The molecule has 0 amide bonds. The molecule has 18 heavy (non-hydrogen) atoms. The van der Waals surface area contributed by atoms with E-state index >= 15 is 0 Å². The highest BCUT2D eigenvalue weighted by molar-refractivity contribution is 5.51. The van der Waals surface area contributed by atoms with Gasteiger partial charge in [-0.15, -0.1) is 0 Å². The predicted octanol–water partition coefficient (Wildman–Crippen LogP) is 1.34. The summed E-state index contributed by atoms with van der Waals surface area (Å²) in [6, 6.07) is 3.49. The Labute approximate surface area is 106 Å². The second-order valence-electron chi connectivity index (χ2n) is 4.75. The maximum Gasteiger partial charge on any atom is 0.231 e. The van der Waals surface area contributed by atoms with Crippen molar-refractivity contribution in [1.82, 2.24) is 4.90 Å². The minimum Gasteiger partial charge on any atom is -0.507 e. The number of aromatic hydroxyl groups is 1. The Morgan fingerprint density at radius 2 is 2.11 bits per heavy atom. The molecule has 2 aliphatic heterocycles. The van der Waals surface area contributed by atoms with E-state index < -0.39 is 0 Å². The number of fused-ring (bicyclic) bond motifs is 1. The summed E-state index contributed by atoms with van der Waals surface area (Å²) in [6.45, 7) is 5.51. The SMILES string of the molecule is CC1CN(Cc2cc3c(cc2O)OCO3)CCO1.